The summed E-state index contributed by atoms with van der Waals surface area (Å²) in [6.45, 7) is 0.683. The summed E-state index contributed by atoms with van der Waals surface area (Å²) in [4.78, 5) is 16.3. The lowest BCUT2D eigenvalue weighted by molar-refractivity contribution is -0.0135. The molecular formula is C18H25N3O. The summed E-state index contributed by atoms with van der Waals surface area (Å²) in [5, 5.41) is 6.38. The fourth-order valence-corrected chi connectivity index (χ4v) is 5.42. The molecule has 0 aliphatic heterocycles. The van der Waals surface area contributed by atoms with Gasteiger partial charge in [0.1, 0.15) is 0 Å². The van der Waals surface area contributed by atoms with Crippen LogP contribution < -0.4 is 10.6 Å². The molecule has 0 atom stereocenters. The average Bonchev–Trinajstić information content (AvgIpc) is 2.46. The molecule has 2 N–H and O–H groups in total. The second kappa shape index (κ2) is 5.56. The second-order valence-electron chi connectivity index (χ2n) is 7.68. The van der Waals surface area contributed by atoms with Crippen molar-refractivity contribution in [3.8, 4) is 0 Å². The van der Waals surface area contributed by atoms with Gasteiger partial charge in [0.25, 0.3) is 0 Å². The minimum atomic E-state index is 0.0241. The number of hydrogen-bond donors (Lipinski definition) is 2. The van der Waals surface area contributed by atoms with E-state index in [-0.39, 0.29) is 11.6 Å². The molecule has 0 radical (unpaired) electrons. The van der Waals surface area contributed by atoms with Gasteiger partial charge in [-0.05, 0) is 80.4 Å². The lowest BCUT2D eigenvalue weighted by atomic mass is 9.53. The molecule has 1 aromatic rings. The molecule has 0 unspecified atom stereocenters. The Morgan fingerprint density at radius 1 is 1.09 bits per heavy atom. The summed E-state index contributed by atoms with van der Waals surface area (Å²) in [6, 6.07) is 4.02. The summed E-state index contributed by atoms with van der Waals surface area (Å²) >= 11 is 0. The first-order chi connectivity index (χ1) is 10.7. The molecule has 4 fully saturated rings. The summed E-state index contributed by atoms with van der Waals surface area (Å²) in [5.41, 5.74) is 1.32. The zero-order chi connectivity index (χ0) is 15.0. The van der Waals surface area contributed by atoms with Crippen LogP contribution in [0.4, 0.5) is 4.79 Å². The maximum Gasteiger partial charge on any atom is 0.315 e. The summed E-state index contributed by atoms with van der Waals surface area (Å²) in [7, 11) is 0. The normalized spacial score (nSPS) is 35.4. The Bertz CT molecular complexity index is 507. The van der Waals surface area contributed by atoms with Crippen molar-refractivity contribution in [2.45, 2.75) is 50.5 Å². The van der Waals surface area contributed by atoms with Crippen LogP contribution >= 0.6 is 0 Å². The first kappa shape index (κ1) is 14.0. The van der Waals surface area contributed by atoms with Crippen LogP contribution in [0.3, 0.4) is 0 Å². The number of rotatable bonds is 4. The van der Waals surface area contributed by atoms with Crippen LogP contribution in [-0.2, 0) is 6.42 Å². The van der Waals surface area contributed by atoms with Crippen molar-refractivity contribution in [1.29, 1.82) is 0 Å². The highest BCUT2D eigenvalue weighted by molar-refractivity contribution is 5.74. The van der Waals surface area contributed by atoms with E-state index in [9.17, 15) is 4.79 Å². The van der Waals surface area contributed by atoms with Gasteiger partial charge in [0, 0.05) is 24.5 Å². The Labute approximate surface area is 132 Å². The number of carbonyl (C=O) groups is 1. The molecule has 4 aliphatic rings. The number of pyridine rings is 1. The molecule has 22 heavy (non-hydrogen) atoms. The largest absolute Gasteiger partial charge is 0.338 e. The van der Waals surface area contributed by atoms with E-state index in [1.807, 2.05) is 12.1 Å². The molecule has 118 valence electrons. The predicted octanol–water partition coefficient (Wildman–Crippen LogP) is 2.89. The second-order valence-corrected chi connectivity index (χ2v) is 7.68. The predicted molar refractivity (Wildman–Crippen MR) is 85.4 cm³/mol. The zero-order valence-corrected chi connectivity index (χ0v) is 13.1. The molecular weight excluding hydrogens is 274 g/mol. The minimum Gasteiger partial charge on any atom is -0.338 e. The number of carbonyl (C=O) groups excluding carboxylic acids is 1. The van der Waals surface area contributed by atoms with E-state index in [1.54, 1.807) is 12.4 Å². The van der Waals surface area contributed by atoms with Gasteiger partial charge in [0.2, 0.25) is 0 Å². The van der Waals surface area contributed by atoms with Gasteiger partial charge in [-0.15, -0.1) is 0 Å². The van der Waals surface area contributed by atoms with Crippen LogP contribution in [0.5, 0.6) is 0 Å². The van der Waals surface area contributed by atoms with E-state index in [2.05, 4.69) is 15.6 Å². The molecule has 0 spiro atoms. The third kappa shape index (κ3) is 2.83. The van der Waals surface area contributed by atoms with Crippen LogP contribution in [0.25, 0.3) is 0 Å². The first-order valence-electron chi connectivity index (χ1n) is 8.66. The molecule has 0 saturated heterocycles. The molecule has 1 heterocycles. The molecule has 5 rings (SSSR count). The number of nitrogens with zero attached hydrogens (tertiary/aromatic N) is 1. The molecule has 2 amide bonds. The van der Waals surface area contributed by atoms with E-state index in [1.165, 1.54) is 44.1 Å². The van der Waals surface area contributed by atoms with E-state index in [0.29, 0.717) is 6.54 Å². The highest BCUT2D eigenvalue weighted by Crippen LogP contribution is 2.55. The van der Waals surface area contributed by atoms with Crippen LogP contribution in [0, 0.1) is 17.8 Å². The SMILES string of the molecule is O=C(NCCc1ccncc1)NC12CC3CC(CC(C3)C1)C2. The maximum atomic E-state index is 12.3. The number of urea groups is 1. The Kier molecular flexibility index (Phi) is 3.55. The minimum absolute atomic E-state index is 0.0241. The van der Waals surface area contributed by atoms with E-state index in [0.717, 1.165) is 24.2 Å². The van der Waals surface area contributed by atoms with Crippen molar-refractivity contribution in [2.75, 3.05) is 6.54 Å². The highest BCUT2D eigenvalue weighted by Gasteiger charge is 2.51. The monoisotopic (exact) mass is 299 g/mol. The quantitative estimate of drug-likeness (QED) is 0.898. The lowest BCUT2D eigenvalue weighted by Gasteiger charge is -2.56. The summed E-state index contributed by atoms with van der Waals surface area (Å²) in [5.74, 6) is 2.59. The van der Waals surface area contributed by atoms with Crippen molar-refractivity contribution in [3.05, 3.63) is 30.1 Å². The fraction of sp³-hybridized carbons (Fsp3) is 0.667. The molecule has 4 heteroatoms. The van der Waals surface area contributed by atoms with Gasteiger partial charge in [-0.3, -0.25) is 4.98 Å². The smallest absolute Gasteiger partial charge is 0.315 e. The number of nitrogens with one attached hydrogen (secondary N) is 2. The molecule has 4 bridgehead atoms. The Morgan fingerprint density at radius 3 is 2.27 bits per heavy atom. The van der Waals surface area contributed by atoms with Crippen LogP contribution in [0.2, 0.25) is 0 Å². The van der Waals surface area contributed by atoms with Crippen LogP contribution in [0.15, 0.2) is 24.5 Å². The molecule has 1 aromatic heterocycles. The van der Waals surface area contributed by atoms with E-state index < -0.39 is 0 Å². The maximum absolute atomic E-state index is 12.3. The molecule has 4 aliphatic carbocycles. The van der Waals surface area contributed by atoms with Gasteiger partial charge in [0.05, 0.1) is 0 Å². The van der Waals surface area contributed by atoms with Crippen molar-refractivity contribution in [2.24, 2.45) is 17.8 Å². The third-order valence-electron chi connectivity index (χ3n) is 5.87. The van der Waals surface area contributed by atoms with Crippen molar-refractivity contribution in [3.63, 3.8) is 0 Å². The van der Waals surface area contributed by atoms with Crippen molar-refractivity contribution < 1.29 is 4.79 Å². The summed E-state index contributed by atoms with van der Waals surface area (Å²) < 4.78 is 0. The van der Waals surface area contributed by atoms with Gasteiger partial charge in [-0.2, -0.15) is 0 Å². The number of amides is 2. The molecule has 0 aromatic carbocycles. The number of aromatic nitrogens is 1. The van der Waals surface area contributed by atoms with Crippen molar-refractivity contribution >= 4 is 6.03 Å². The van der Waals surface area contributed by atoms with E-state index in [4.69, 9.17) is 0 Å². The first-order valence-corrected chi connectivity index (χ1v) is 8.66. The van der Waals surface area contributed by atoms with Crippen LogP contribution in [0.1, 0.15) is 44.1 Å². The van der Waals surface area contributed by atoms with Gasteiger partial charge >= 0.3 is 6.03 Å². The zero-order valence-electron chi connectivity index (χ0n) is 13.1. The Balaban J connectivity index is 1.29. The fourth-order valence-electron chi connectivity index (χ4n) is 5.42. The average molecular weight is 299 g/mol. The van der Waals surface area contributed by atoms with E-state index >= 15 is 0 Å². The van der Waals surface area contributed by atoms with Crippen LogP contribution in [-0.4, -0.2) is 23.1 Å². The van der Waals surface area contributed by atoms with Crippen molar-refractivity contribution in [1.82, 2.24) is 15.6 Å². The van der Waals surface area contributed by atoms with Gasteiger partial charge < -0.3 is 10.6 Å². The molecule has 4 saturated carbocycles. The highest BCUT2D eigenvalue weighted by atomic mass is 16.2. The Hall–Kier alpha value is -1.58. The Morgan fingerprint density at radius 2 is 1.68 bits per heavy atom. The molecule has 4 nitrogen and oxygen atoms in total. The number of hydrogen-bond acceptors (Lipinski definition) is 2. The van der Waals surface area contributed by atoms with Gasteiger partial charge in [0.15, 0.2) is 0 Å². The topological polar surface area (TPSA) is 54.0 Å². The van der Waals surface area contributed by atoms with Gasteiger partial charge in [-0.25, -0.2) is 4.79 Å². The van der Waals surface area contributed by atoms with Gasteiger partial charge in [-0.1, -0.05) is 0 Å². The third-order valence-corrected chi connectivity index (χ3v) is 5.87. The standard InChI is InChI=1S/C18H25N3O/c22-17(20-6-3-13-1-4-19-5-2-13)21-18-10-14-7-15(11-18)9-16(8-14)12-18/h1-2,4-5,14-16H,3,6-12H2,(H2,20,21,22). The summed E-state index contributed by atoms with van der Waals surface area (Å²) in [6.07, 6.45) is 12.3. The lowest BCUT2D eigenvalue weighted by Crippen LogP contribution is -2.61.